The standard InChI is InChI=1S/C17H15N3O2S/c1-22-17-18-15(14-8-5-9-23-14)20(19-17)16(21)13-10-12(13)11-6-3-2-4-7-11/h2-9,12-13H,10H2,1H3. The van der Waals surface area contributed by atoms with Gasteiger partial charge in [0.1, 0.15) is 0 Å². The molecule has 5 nitrogen and oxygen atoms in total. The van der Waals surface area contributed by atoms with Gasteiger partial charge in [-0.1, -0.05) is 36.4 Å². The Morgan fingerprint density at radius 2 is 2.09 bits per heavy atom. The molecule has 23 heavy (non-hydrogen) atoms. The molecule has 0 aliphatic heterocycles. The summed E-state index contributed by atoms with van der Waals surface area (Å²) < 4.78 is 6.51. The molecule has 0 radical (unpaired) electrons. The Bertz CT molecular complexity index is 827. The van der Waals surface area contributed by atoms with E-state index in [1.807, 2.05) is 35.7 Å². The third-order valence-electron chi connectivity index (χ3n) is 4.06. The van der Waals surface area contributed by atoms with Crippen molar-refractivity contribution in [2.75, 3.05) is 7.11 Å². The van der Waals surface area contributed by atoms with Crippen LogP contribution in [0.3, 0.4) is 0 Å². The van der Waals surface area contributed by atoms with Crippen molar-refractivity contribution < 1.29 is 9.53 Å². The van der Waals surface area contributed by atoms with E-state index in [-0.39, 0.29) is 23.8 Å². The van der Waals surface area contributed by atoms with Gasteiger partial charge in [0.05, 0.1) is 12.0 Å². The zero-order valence-electron chi connectivity index (χ0n) is 12.5. The third-order valence-corrected chi connectivity index (χ3v) is 4.92. The molecule has 0 N–H and O–H groups in total. The second-order valence-electron chi connectivity index (χ2n) is 5.51. The van der Waals surface area contributed by atoms with Gasteiger partial charge in [0.15, 0.2) is 5.82 Å². The smallest absolute Gasteiger partial charge is 0.336 e. The Kier molecular flexibility index (Phi) is 3.46. The summed E-state index contributed by atoms with van der Waals surface area (Å²) in [7, 11) is 1.51. The number of carbonyl (C=O) groups excluding carboxylic acids is 1. The van der Waals surface area contributed by atoms with Crippen LogP contribution in [0, 0.1) is 5.92 Å². The van der Waals surface area contributed by atoms with E-state index >= 15 is 0 Å². The average molecular weight is 325 g/mol. The molecule has 1 saturated carbocycles. The molecule has 2 atom stereocenters. The summed E-state index contributed by atoms with van der Waals surface area (Å²) in [5, 5.41) is 6.17. The summed E-state index contributed by atoms with van der Waals surface area (Å²) in [5.41, 5.74) is 1.20. The number of ether oxygens (including phenoxy) is 1. The Labute approximate surface area is 137 Å². The molecule has 0 spiro atoms. The van der Waals surface area contributed by atoms with Gasteiger partial charge in [-0.05, 0) is 29.3 Å². The molecule has 2 aromatic heterocycles. The predicted octanol–water partition coefficient (Wildman–Crippen LogP) is 3.46. The van der Waals surface area contributed by atoms with E-state index in [0.717, 1.165) is 11.3 Å². The number of methoxy groups -OCH3 is 1. The van der Waals surface area contributed by atoms with Crippen LogP contribution in [0.25, 0.3) is 10.7 Å². The number of thiophene rings is 1. The fourth-order valence-corrected chi connectivity index (χ4v) is 3.49. The summed E-state index contributed by atoms with van der Waals surface area (Å²) in [6, 6.07) is 14.2. The van der Waals surface area contributed by atoms with Gasteiger partial charge in [0, 0.05) is 5.92 Å². The van der Waals surface area contributed by atoms with Crippen LogP contribution in [0.15, 0.2) is 47.8 Å². The van der Waals surface area contributed by atoms with E-state index in [2.05, 4.69) is 22.2 Å². The first-order valence-electron chi connectivity index (χ1n) is 7.42. The number of carbonyl (C=O) groups is 1. The van der Waals surface area contributed by atoms with Gasteiger partial charge in [-0.15, -0.1) is 16.4 Å². The first-order chi connectivity index (χ1) is 11.3. The van der Waals surface area contributed by atoms with Crippen LogP contribution in [0.2, 0.25) is 0 Å². The lowest BCUT2D eigenvalue weighted by Crippen LogP contribution is -2.16. The van der Waals surface area contributed by atoms with Crippen LogP contribution < -0.4 is 4.74 Å². The fourth-order valence-electron chi connectivity index (χ4n) is 2.79. The molecule has 1 aliphatic rings. The second-order valence-corrected chi connectivity index (χ2v) is 6.46. The highest BCUT2D eigenvalue weighted by Crippen LogP contribution is 2.48. The van der Waals surface area contributed by atoms with E-state index in [1.165, 1.54) is 28.7 Å². The van der Waals surface area contributed by atoms with E-state index in [9.17, 15) is 4.79 Å². The third kappa shape index (κ3) is 2.55. The molecule has 3 aromatic rings. The van der Waals surface area contributed by atoms with E-state index in [1.54, 1.807) is 0 Å². The Morgan fingerprint density at radius 1 is 1.26 bits per heavy atom. The van der Waals surface area contributed by atoms with Crippen molar-refractivity contribution in [2.45, 2.75) is 12.3 Å². The Morgan fingerprint density at radius 3 is 2.78 bits per heavy atom. The minimum absolute atomic E-state index is 0.0157. The van der Waals surface area contributed by atoms with Crippen molar-refractivity contribution in [1.29, 1.82) is 0 Å². The number of hydrogen-bond acceptors (Lipinski definition) is 5. The summed E-state index contributed by atoms with van der Waals surface area (Å²) in [4.78, 5) is 18.1. The van der Waals surface area contributed by atoms with Crippen LogP contribution in [0.1, 0.15) is 22.7 Å². The van der Waals surface area contributed by atoms with Crippen LogP contribution in [-0.4, -0.2) is 27.8 Å². The monoisotopic (exact) mass is 325 g/mol. The summed E-state index contributed by atoms with van der Waals surface area (Å²) in [6.07, 6.45) is 0.856. The van der Waals surface area contributed by atoms with Gasteiger partial charge in [-0.3, -0.25) is 4.79 Å². The SMILES string of the molecule is COc1nc(-c2cccs2)n(C(=O)C2CC2c2ccccc2)n1. The van der Waals surface area contributed by atoms with Crippen LogP contribution in [0.4, 0.5) is 0 Å². The molecule has 2 heterocycles. The first kappa shape index (κ1) is 14.1. The molecule has 0 bridgehead atoms. The lowest BCUT2D eigenvalue weighted by Gasteiger charge is -2.03. The summed E-state index contributed by atoms with van der Waals surface area (Å²) >= 11 is 1.53. The van der Waals surface area contributed by atoms with E-state index in [0.29, 0.717) is 5.82 Å². The maximum absolute atomic E-state index is 12.8. The molecule has 116 valence electrons. The van der Waals surface area contributed by atoms with E-state index in [4.69, 9.17) is 4.74 Å². The highest BCUT2D eigenvalue weighted by molar-refractivity contribution is 7.13. The quantitative estimate of drug-likeness (QED) is 0.737. The second kappa shape index (κ2) is 5.62. The minimum Gasteiger partial charge on any atom is -0.466 e. The van der Waals surface area contributed by atoms with Gasteiger partial charge >= 0.3 is 6.01 Å². The van der Waals surface area contributed by atoms with Crippen molar-refractivity contribution in [3.05, 3.63) is 53.4 Å². The molecule has 1 fully saturated rings. The Hall–Kier alpha value is -2.47. The lowest BCUT2D eigenvalue weighted by atomic mass is 10.1. The molecular formula is C17H15N3O2S. The Balaban J connectivity index is 1.64. The van der Waals surface area contributed by atoms with Gasteiger partial charge in [0.25, 0.3) is 5.91 Å². The molecule has 6 heteroatoms. The van der Waals surface area contributed by atoms with Crippen LogP contribution >= 0.6 is 11.3 Å². The zero-order valence-corrected chi connectivity index (χ0v) is 13.4. The van der Waals surface area contributed by atoms with Gasteiger partial charge < -0.3 is 4.74 Å². The van der Waals surface area contributed by atoms with Crippen LogP contribution in [-0.2, 0) is 0 Å². The summed E-state index contributed by atoms with van der Waals surface area (Å²) in [6.45, 7) is 0. The van der Waals surface area contributed by atoms with Gasteiger partial charge in [-0.25, -0.2) is 0 Å². The number of aromatic nitrogens is 3. The van der Waals surface area contributed by atoms with Crippen molar-refractivity contribution in [2.24, 2.45) is 5.92 Å². The summed E-state index contributed by atoms with van der Waals surface area (Å²) in [5.74, 6) is 0.774. The maximum Gasteiger partial charge on any atom is 0.336 e. The fraction of sp³-hybridized carbons (Fsp3) is 0.235. The molecule has 1 aliphatic carbocycles. The largest absolute Gasteiger partial charge is 0.466 e. The molecule has 2 unspecified atom stereocenters. The molecule has 1 aromatic carbocycles. The topological polar surface area (TPSA) is 57.0 Å². The highest BCUT2D eigenvalue weighted by atomic mass is 32.1. The molecule has 0 amide bonds. The van der Waals surface area contributed by atoms with Crippen molar-refractivity contribution in [1.82, 2.24) is 14.8 Å². The normalized spacial score (nSPS) is 19.5. The van der Waals surface area contributed by atoms with Crippen molar-refractivity contribution >= 4 is 17.2 Å². The van der Waals surface area contributed by atoms with Crippen molar-refractivity contribution in [3.63, 3.8) is 0 Å². The van der Waals surface area contributed by atoms with Gasteiger partial charge in [0.2, 0.25) is 0 Å². The number of nitrogens with zero attached hydrogens (tertiary/aromatic N) is 3. The van der Waals surface area contributed by atoms with Crippen LogP contribution in [0.5, 0.6) is 6.01 Å². The number of rotatable bonds is 4. The zero-order chi connectivity index (χ0) is 15.8. The number of hydrogen-bond donors (Lipinski definition) is 0. The highest BCUT2D eigenvalue weighted by Gasteiger charge is 2.45. The average Bonchev–Trinajstić information content (AvgIpc) is 3.00. The molecule has 4 rings (SSSR count). The predicted molar refractivity (Wildman–Crippen MR) is 87.8 cm³/mol. The first-order valence-corrected chi connectivity index (χ1v) is 8.30. The molecule has 0 saturated heterocycles. The lowest BCUT2D eigenvalue weighted by molar-refractivity contribution is 0.0867. The van der Waals surface area contributed by atoms with Gasteiger partial charge in [-0.2, -0.15) is 9.67 Å². The van der Waals surface area contributed by atoms with Crippen molar-refractivity contribution in [3.8, 4) is 16.7 Å². The minimum atomic E-state index is -0.0393. The van der Waals surface area contributed by atoms with E-state index < -0.39 is 0 Å². The maximum atomic E-state index is 12.8. The molecular weight excluding hydrogens is 310 g/mol. The number of benzene rings is 1.